The van der Waals surface area contributed by atoms with Crippen molar-refractivity contribution in [3.63, 3.8) is 0 Å². The van der Waals surface area contributed by atoms with E-state index >= 15 is 0 Å². The van der Waals surface area contributed by atoms with Crippen molar-refractivity contribution in [2.24, 2.45) is 0 Å². The molecule has 8 heteroatoms. The summed E-state index contributed by atoms with van der Waals surface area (Å²) in [6, 6.07) is 10.5. The molecular weight excluding hydrogens is 429 g/mol. The smallest absolute Gasteiger partial charge is 0.173 e. The summed E-state index contributed by atoms with van der Waals surface area (Å²) in [5.74, 6) is 0.606. The summed E-state index contributed by atoms with van der Waals surface area (Å²) in [6.07, 6.45) is 2.26. The van der Waals surface area contributed by atoms with Crippen molar-refractivity contribution in [2.75, 3.05) is 19.9 Å². The number of hydrogen-bond donors (Lipinski definition) is 1. The van der Waals surface area contributed by atoms with Crippen molar-refractivity contribution in [3.05, 3.63) is 82.2 Å². The third-order valence-corrected chi connectivity index (χ3v) is 5.52. The fraction of sp³-hybridized carbons (Fsp3) is 0.375. The minimum atomic E-state index is -0.587. The molecule has 3 aromatic rings. The molecule has 0 aliphatic heterocycles. The molecule has 1 aromatic heterocycles. The number of aryl methyl sites for hydroxylation is 3. The van der Waals surface area contributed by atoms with Gasteiger partial charge in [-0.15, -0.1) is 11.7 Å². The lowest BCUT2D eigenvalue weighted by Gasteiger charge is -2.24. The lowest BCUT2D eigenvalue weighted by Crippen LogP contribution is -2.31. The van der Waals surface area contributed by atoms with Crippen molar-refractivity contribution < 1.29 is 9.13 Å². The number of nitrogens with zero attached hydrogens (tertiary/aromatic N) is 4. The molecule has 0 spiro atoms. The topological polar surface area (TPSA) is 64.9 Å². The molecule has 2 atom stereocenters. The van der Waals surface area contributed by atoms with Crippen molar-refractivity contribution in [1.82, 2.24) is 25.5 Å². The maximum absolute atomic E-state index is 14.1. The number of tetrazole rings is 1. The first-order valence-electron chi connectivity index (χ1n) is 10.6. The zero-order valence-corrected chi connectivity index (χ0v) is 19.4. The van der Waals surface area contributed by atoms with Crippen LogP contribution < -0.4 is 5.32 Å². The maximum Gasteiger partial charge on any atom is 0.173 e. The molecule has 2 aromatic carbocycles. The Kier molecular flexibility index (Phi) is 8.50. The van der Waals surface area contributed by atoms with Crippen LogP contribution in [0.3, 0.4) is 0 Å². The standard InChI is InChI=1S/C24H29ClFN5O/c1-5-11-32-12-10-21(27-22(15-26)19-6-8-20(25)9-7-19)24-28-29-30-31(24)23-17(3)13-16(2)14-18(23)4/h5-9,13-14,21-22,27H,1,10-12,15H2,2-4H3. The molecule has 0 aliphatic carbocycles. The predicted molar refractivity (Wildman–Crippen MR) is 125 cm³/mol. The third kappa shape index (κ3) is 5.79. The average Bonchev–Trinajstić information content (AvgIpc) is 3.22. The van der Waals surface area contributed by atoms with Crippen LogP contribution in [0.5, 0.6) is 0 Å². The van der Waals surface area contributed by atoms with Crippen LogP contribution in [0.2, 0.25) is 5.02 Å². The lowest BCUT2D eigenvalue weighted by atomic mass is 10.0. The first kappa shape index (κ1) is 24.0. The van der Waals surface area contributed by atoms with Gasteiger partial charge in [-0.05, 0) is 66.4 Å². The van der Waals surface area contributed by atoms with Crippen LogP contribution in [0.4, 0.5) is 4.39 Å². The van der Waals surface area contributed by atoms with Crippen molar-refractivity contribution >= 4 is 11.6 Å². The molecular formula is C24H29ClFN5O. The Balaban J connectivity index is 1.95. The number of benzene rings is 2. The monoisotopic (exact) mass is 457 g/mol. The van der Waals surface area contributed by atoms with Crippen molar-refractivity contribution in [1.29, 1.82) is 0 Å². The Morgan fingerprint density at radius 3 is 2.47 bits per heavy atom. The van der Waals surface area contributed by atoms with Gasteiger partial charge in [-0.3, -0.25) is 5.32 Å². The van der Waals surface area contributed by atoms with E-state index in [0.29, 0.717) is 30.5 Å². The first-order chi connectivity index (χ1) is 15.4. The molecule has 0 amide bonds. The SMILES string of the molecule is C=CCOCCC(NC(CF)c1ccc(Cl)cc1)c1nnnn1-c1c(C)cc(C)cc1C. The molecule has 170 valence electrons. The highest BCUT2D eigenvalue weighted by Crippen LogP contribution is 2.27. The van der Waals surface area contributed by atoms with Gasteiger partial charge in [-0.1, -0.05) is 47.5 Å². The predicted octanol–water partition coefficient (Wildman–Crippen LogP) is 5.18. The normalized spacial score (nSPS) is 13.2. The second kappa shape index (κ2) is 11.3. The number of aromatic nitrogens is 4. The summed E-state index contributed by atoms with van der Waals surface area (Å²) in [6.45, 7) is 10.1. The Bertz CT molecular complexity index is 1010. The van der Waals surface area contributed by atoms with E-state index in [1.54, 1.807) is 22.9 Å². The average molecular weight is 458 g/mol. The molecule has 0 bridgehead atoms. The van der Waals surface area contributed by atoms with Crippen LogP contribution in [0.15, 0.2) is 49.1 Å². The van der Waals surface area contributed by atoms with Crippen LogP contribution in [0.1, 0.15) is 46.6 Å². The number of alkyl halides is 1. The zero-order valence-electron chi connectivity index (χ0n) is 18.7. The van der Waals surface area contributed by atoms with Gasteiger partial charge in [-0.25, -0.2) is 4.39 Å². The highest BCUT2D eigenvalue weighted by atomic mass is 35.5. The van der Waals surface area contributed by atoms with Crippen LogP contribution in [0.25, 0.3) is 5.69 Å². The fourth-order valence-corrected chi connectivity index (χ4v) is 4.03. The molecule has 1 N–H and O–H groups in total. The van der Waals surface area contributed by atoms with Gasteiger partial charge in [0.15, 0.2) is 5.82 Å². The second-order valence-corrected chi connectivity index (χ2v) is 8.26. The highest BCUT2D eigenvalue weighted by molar-refractivity contribution is 6.30. The number of halogens is 2. The Labute approximate surface area is 193 Å². The van der Waals surface area contributed by atoms with Crippen LogP contribution in [0, 0.1) is 20.8 Å². The van der Waals surface area contributed by atoms with E-state index in [2.05, 4.69) is 46.5 Å². The van der Waals surface area contributed by atoms with E-state index in [-0.39, 0.29) is 6.04 Å². The minimum absolute atomic E-state index is 0.341. The molecule has 0 radical (unpaired) electrons. The molecule has 3 rings (SSSR count). The second-order valence-electron chi connectivity index (χ2n) is 7.83. The van der Waals surface area contributed by atoms with E-state index in [0.717, 1.165) is 22.4 Å². The summed E-state index contributed by atoms with van der Waals surface area (Å²) < 4.78 is 21.4. The van der Waals surface area contributed by atoms with E-state index in [9.17, 15) is 4.39 Å². The molecule has 32 heavy (non-hydrogen) atoms. The summed E-state index contributed by atoms with van der Waals surface area (Å²) in [7, 11) is 0. The summed E-state index contributed by atoms with van der Waals surface area (Å²) in [5, 5.41) is 16.5. The largest absolute Gasteiger partial charge is 0.377 e. The molecule has 0 saturated heterocycles. The maximum atomic E-state index is 14.1. The molecule has 0 aliphatic rings. The van der Waals surface area contributed by atoms with Gasteiger partial charge in [0.1, 0.15) is 6.67 Å². The number of hydrogen-bond acceptors (Lipinski definition) is 5. The molecule has 1 heterocycles. The number of rotatable bonds is 11. The van der Waals surface area contributed by atoms with Crippen molar-refractivity contribution in [2.45, 2.75) is 39.3 Å². The highest BCUT2D eigenvalue weighted by Gasteiger charge is 2.25. The van der Waals surface area contributed by atoms with Crippen molar-refractivity contribution in [3.8, 4) is 5.69 Å². The van der Waals surface area contributed by atoms with Gasteiger partial charge >= 0.3 is 0 Å². The van der Waals surface area contributed by atoms with Gasteiger partial charge in [0, 0.05) is 11.6 Å². The van der Waals surface area contributed by atoms with Crippen LogP contribution in [-0.4, -0.2) is 40.1 Å². The number of ether oxygens (including phenoxy) is 1. The molecule has 0 fully saturated rings. The minimum Gasteiger partial charge on any atom is -0.377 e. The van der Waals surface area contributed by atoms with Gasteiger partial charge in [0.05, 0.1) is 24.4 Å². The van der Waals surface area contributed by atoms with Gasteiger partial charge in [0.25, 0.3) is 0 Å². The Hall–Kier alpha value is -2.61. The summed E-state index contributed by atoms with van der Waals surface area (Å²) >= 11 is 6.01. The van der Waals surface area contributed by atoms with Gasteiger partial charge in [0.2, 0.25) is 0 Å². The van der Waals surface area contributed by atoms with Crippen LogP contribution >= 0.6 is 11.6 Å². The van der Waals surface area contributed by atoms with Gasteiger partial charge < -0.3 is 4.74 Å². The van der Waals surface area contributed by atoms with Crippen LogP contribution in [-0.2, 0) is 4.74 Å². The lowest BCUT2D eigenvalue weighted by molar-refractivity contribution is 0.145. The summed E-state index contributed by atoms with van der Waals surface area (Å²) in [4.78, 5) is 0. The number of nitrogens with one attached hydrogen (secondary N) is 1. The van der Waals surface area contributed by atoms with E-state index < -0.39 is 12.7 Å². The molecule has 6 nitrogen and oxygen atoms in total. The first-order valence-corrected chi connectivity index (χ1v) is 10.9. The fourth-order valence-electron chi connectivity index (χ4n) is 3.90. The van der Waals surface area contributed by atoms with E-state index in [4.69, 9.17) is 16.3 Å². The van der Waals surface area contributed by atoms with E-state index in [1.807, 2.05) is 26.0 Å². The van der Waals surface area contributed by atoms with E-state index in [1.165, 1.54) is 5.56 Å². The molecule has 0 saturated carbocycles. The Morgan fingerprint density at radius 2 is 1.84 bits per heavy atom. The van der Waals surface area contributed by atoms with Gasteiger partial charge in [-0.2, -0.15) is 4.68 Å². The quantitative estimate of drug-likeness (QED) is 0.317. The Morgan fingerprint density at radius 1 is 1.16 bits per heavy atom. The zero-order chi connectivity index (χ0) is 23.1. The third-order valence-electron chi connectivity index (χ3n) is 5.27. The summed E-state index contributed by atoms with van der Waals surface area (Å²) in [5.41, 5.74) is 5.04. The molecule has 2 unspecified atom stereocenters.